The first-order valence-corrected chi connectivity index (χ1v) is 7.12. The van der Waals surface area contributed by atoms with Gasteiger partial charge in [0.15, 0.2) is 0 Å². The summed E-state index contributed by atoms with van der Waals surface area (Å²) in [6.45, 7) is 6.50. The number of carbonyl (C=O) groups is 2. The van der Waals surface area contributed by atoms with Gasteiger partial charge in [-0.25, -0.2) is 5.43 Å². The average molecular weight is 303 g/mol. The van der Waals surface area contributed by atoms with Crippen molar-refractivity contribution in [3.8, 4) is 5.75 Å². The maximum Gasteiger partial charge on any atom is 0.329 e. The second kappa shape index (κ2) is 10.1. The van der Waals surface area contributed by atoms with Gasteiger partial charge < -0.3 is 10.1 Å². The Bertz CT molecular complexity index is 524. The van der Waals surface area contributed by atoms with Crippen molar-refractivity contribution in [2.75, 3.05) is 13.2 Å². The van der Waals surface area contributed by atoms with Crippen LogP contribution < -0.4 is 15.5 Å². The Morgan fingerprint density at radius 3 is 2.64 bits per heavy atom. The zero-order chi connectivity index (χ0) is 16.2. The minimum Gasteiger partial charge on any atom is -0.490 e. The molecule has 0 fully saturated rings. The molecule has 0 bridgehead atoms. The first-order valence-electron chi connectivity index (χ1n) is 7.12. The third kappa shape index (κ3) is 6.69. The van der Waals surface area contributed by atoms with Crippen LogP contribution in [-0.2, 0) is 9.59 Å². The SMILES string of the molecule is C=CCOc1ccc(/C=N\NC(=O)C(=O)NCCCC)cc1. The molecule has 0 aliphatic heterocycles. The minimum atomic E-state index is -0.779. The van der Waals surface area contributed by atoms with Crippen molar-refractivity contribution in [1.29, 1.82) is 0 Å². The number of benzene rings is 1. The van der Waals surface area contributed by atoms with E-state index in [-0.39, 0.29) is 0 Å². The van der Waals surface area contributed by atoms with E-state index >= 15 is 0 Å². The van der Waals surface area contributed by atoms with E-state index in [4.69, 9.17) is 4.74 Å². The monoisotopic (exact) mass is 303 g/mol. The number of hydrazone groups is 1. The van der Waals surface area contributed by atoms with Crippen LogP contribution in [0.4, 0.5) is 0 Å². The van der Waals surface area contributed by atoms with Gasteiger partial charge in [-0.15, -0.1) is 0 Å². The summed E-state index contributed by atoms with van der Waals surface area (Å²) in [5.41, 5.74) is 2.96. The highest BCUT2D eigenvalue weighted by atomic mass is 16.5. The van der Waals surface area contributed by atoms with Gasteiger partial charge in [-0.05, 0) is 36.2 Å². The van der Waals surface area contributed by atoms with Crippen LogP contribution in [0.3, 0.4) is 0 Å². The molecule has 0 radical (unpaired) electrons. The van der Waals surface area contributed by atoms with Gasteiger partial charge >= 0.3 is 11.8 Å². The van der Waals surface area contributed by atoms with Crippen LogP contribution in [-0.4, -0.2) is 31.2 Å². The molecule has 0 unspecified atom stereocenters. The van der Waals surface area contributed by atoms with Crippen molar-refractivity contribution in [2.45, 2.75) is 19.8 Å². The van der Waals surface area contributed by atoms with Crippen molar-refractivity contribution in [3.05, 3.63) is 42.5 Å². The van der Waals surface area contributed by atoms with Gasteiger partial charge in [0.05, 0.1) is 6.21 Å². The molecular weight excluding hydrogens is 282 g/mol. The maximum atomic E-state index is 11.4. The van der Waals surface area contributed by atoms with Crippen LogP contribution in [0, 0.1) is 0 Å². The number of unbranched alkanes of at least 4 members (excludes halogenated alkanes) is 1. The largest absolute Gasteiger partial charge is 0.490 e. The molecule has 0 aliphatic carbocycles. The molecule has 0 spiro atoms. The molecule has 0 saturated heterocycles. The van der Waals surface area contributed by atoms with Crippen molar-refractivity contribution in [2.24, 2.45) is 5.10 Å². The lowest BCUT2D eigenvalue weighted by molar-refractivity contribution is -0.139. The van der Waals surface area contributed by atoms with Gasteiger partial charge in [0, 0.05) is 6.54 Å². The molecule has 2 N–H and O–H groups in total. The highest BCUT2D eigenvalue weighted by Gasteiger charge is 2.10. The maximum absolute atomic E-state index is 11.4. The Labute approximate surface area is 130 Å². The molecular formula is C16H21N3O3. The summed E-state index contributed by atoms with van der Waals surface area (Å²) >= 11 is 0. The number of nitrogens with zero attached hydrogens (tertiary/aromatic N) is 1. The van der Waals surface area contributed by atoms with Crippen LogP contribution in [0.2, 0.25) is 0 Å². The number of hydrogen-bond acceptors (Lipinski definition) is 4. The van der Waals surface area contributed by atoms with E-state index in [0.717, 1.165) is 24.2 Å². The number of carbonyl (C=O) groups excluding carboxylic acids is 2. The quantitative estimate of drug-likeness (QED) is 0.252. The molecule has 118 valence electrons. The van der Waals surface area contributed by atoms with Gasteiger partial charge in [0.1, 0.15) is 12.4 Å². The molecule has 0 heterocycles. The first kappa shape index (κ1) is 17.4. The van der Waals surface area contributed by atoms with E-state index in [1.54, 1.807) is 30.3 Å². The minimum absolute atomic E-state index is 0.441. The summed E-state index contributed by atoms with van der Waals surface area (Å²) in [6, 6.07) is 7.14. The summed E-state index contributed by atoms with van der Waals surface area (Å²) in [4.78, 5) is 22.8. The van der Waals surface area contributed by atoms with E-state index in [2.05, 4.69) is 22.4 Å². The van der Waals surface area contributed by atoms with Crippen molar-refractivity contribution in [3.63, 3.8) is 0 Å². The van der Waals surface area contributed by atoms with E-state index in [0.29, 0.717) is 13.2 Å². The normalized spacial score (nSPS) is 10.2. The van der Waals surface area contributed by atoms with Gasteiger partial charge in [0.25, 0.3) is 0 Å². The van der Waals surface area contributed by atoms with Gasteiger partial charge in [-0.2, -0.15) is 5.10 Å². The average Bonchev–Trinajstić information content (AvgIpc) is 2.54. The molecule has 2 amide bonds. The molecule has 0 saturated carbocycles. The van der Waals surface area contributed by atoms with E-state index in [1.165, 1.54) is 6.21 Å². The topological polar surface area (TPSA) is 79.8 Å². The molecule has 0 aromatic heterocycles. The zero-order valence-corrected chi connectivity index (χ0v) is 12.7. The van der Waals surface area contributed by atoms with Gasteiger partial charge in [-0.3, -0.25) is 9.59 Å². The van der Waals surface area contributed by atoms with E-state index in [1.807, 2.05) is 6.92 Å². The van der Waals surface area contributed by atoms with Crippen LogP contribution in [0.5, 0.6) is 5.75 Å². The number of rotatable bonds is 8. The Balaban J connectivity index is 2.39. The zero-order valence-electron chi connectivity index (χ0n) is 12.7. The van der Waals surface area contributed by atoms with Crippen LogP contribution in [0.15, 0.2) is 42.0 Å². The number of nitrogens with one attached hydrogen (secondary N) is 2. The number of amides is 2. The lowest BCUT2D eigenvalue weighted by Crippen LogP contribution is -2.38. The standard InChI is InChI=1S/C16H21N3O3/c1-3-5-10-17-15(20)16(21)19-18-12-13-6-8-14(9-7-13)22-11-4-2/h4,6-9,12H,2-3,5,10-11H2,1H3,(H,17,20)(H,19,21)/b18-12-. The molecule has 1 aromatic rings. The summed E-state index contributed by atoms with van der Waals surface area (Å²) < 4.78 is 5.35. The first-order chi connectivity index (χ1) is 10.7. The second-order valence-electron chi connectivity index (χ2n) is 4.48. The van der Waals surface area contributed by atoms with Crippen molar-refractivity contribution in [1.82, 2.24) is 10.7 Å². The highest BCUT2D eigenvalue weighted by Crippen LogP contribution is 2.10. The highest BCUT2D eigenvalue weighted by molar-refractivity contribution is 6.35. The fourth-order valence-electron chi connectivity index (χ4n) is 1.48. The molecule has 6 nitrogen and oxygen atoms in total. The smallest absolute Gasteiger partial charge is 0.329 e. The van der Waals surface area contributed by atoms with Crippen LogP contribution in [0.1, 0.15) is 25.3 Å². The van der Waals surface area contributed by atoms with Crippen molar-refractivity contribution >= 4 is 18.0 Å². The summed E-state index contributed by atoms with van der Waals surface area (Å²) in [5.74, 6) is -0.742. The summed E-state index contributed by atoms with van der Waals surface area (Å²) in [6.07, 6.45) is 4.90. The fourth-order valence-corrected chi connectivity index (χ4v) is 1.48. The third-order valence-electron chi connectivity index (χ3n) is 2.65. The lowest BCUT2D eigenvalue weighted by Gasteiger charge is -2.03. The van der Waals surface area contributed by atoms with Crippen LogP contribution in [0.25, 0.3) is 0 Å². The summed E-state index contributed by atoms with van der Waals surface area (Å²) in [7, 11) is 0. The molecule has 1 rings (SSSR count). The predicted octanol–water partition coefficient (Wildman–Crippen LogP) is 1.62. The van der Waals surface area contributed by atoms with Crippen LogP contribution >= 0.6 is 0 Å². The second-order valence-corrected chi connectivity index (χ2v) is 4.48. The Morgan fingerprint density at radius 2 is 2.00 bits per heavy atom. The number of ether oxygens (including phenoxy) is 1. The third-order valence-corrected chi connectivity index (χ3v) is 2.65. The Hall–Kier alpha value is -2.63. The predicted molar refractivity (Wildman–Crippen MR) is 85.8 cm³/mol. The molecule has 1 aromatic carbocycles. The lowest BCUT2D eigenvalue weighted by atomic mass is 10.2. The molecule has 0 atom stereocenters. The van der Waals surface area contributed by atoms with Gasteiger partial charge in [0.2, 0.25) is 0 Å². The number of hydrogen-bond donors (Lipinski definition) is 2. The Morgan fingerprint density at radius 1 is 1.27 bits per heavy atom. The Kier molecular flexibility index (Phi) is 8.04. The molecule has 6 heteroatoms. The molecule has 22 heavy (non-hydrogen) atoms. The fraction of sp³-hybridized carbons (Fsp3) is 0.312. The van der Waals surface area contributed by atoms with Crippen molar-refractivity contribution < 1.29 is 14.3 Å². The summed E-state index contributed by atoms with van der Waals surface area (Å²) in [5, 5.41) is 6.25. The van der Waals surface area contributed by atoms with E-state index in [9.17, 15) is 9.59 Å². The van der Waals surface area contributed by atoms with E-state index < -0.39 is 11.8 Å². The molecule has 0 aliphatic rings. The van der Waals surface area contributed by atoms with Gasteiger partial charge in [-0.1, -0.05) is 26.0 Å².